The molecule has 7 nitrogen and oxygen atoms in total. The van der Waals surface area contributed by atoms with Gasteiger partial charge in [0.15, 0.2) is 0 Å². The second-order valence-electron chi connectivity index (χ2n) is 6.84. The summed E-state index contributed by atoms with van der Waals surface area (Å²) >= 11 is 6.03. The lowest BCUT2D eigenvalue weighted by Crippen LogP contribution is -2.26. The average Bonchev–Trinajstić information content (AvgIpc) is 3.00. The van der Waals surface area contributed by atoms with Crippen molar-refractivity contribution in [3.8, 4) is 0 Å². The minimum absolute atomic E-state index is 0.0812. The standard InChI is InChI=1S/C20H23ClN4O3S/c1-14-23-17-7-4-5-8-18(17)25(14)12-6-11-22-20(26)15-9-10-16(21)19(13-15)29(27,28)24(2)3/h4-5,7-10,13H,6,11-12H2,1-3H3,(H,22,26). The van der Waals surface area contributed by atoms with Crippen LogP contribution in [0.4, 0.5) is 0 Å². The molecule has 1 heterocycles. The Balaban J connectivity index is 1.65. The molecule has 0 aliphatic carbocycles. The van der Waals surface area contributed by atoms with Crippen molar-refractivity contribution in [2.75, 3.05) is 20.6 Å². The molecule has 1 amide bonds. The largest absolute Gasteiger partial charge is 0.352 e. The van der Waals surface area contributed by atoms with Crippen molar-refractivity contribution in [3.63, 3.8) is 0 Å². The van der Waals surface area contributed by atoms with Crippen molar-refractivity contribution < 1.29 is 13.2 Å². The molecular formula is C20H23ClN4O3S. The van der Waals surface area contributed by atoms with Gasteiger partial charge in [-0.1, -0.05) is 23.7 Å². The van der Waals surface area contributed by atoms with Crippen LogP contribution in [-0.4, -0.2) is 48.8 Å². The Morgan fingerprint density at radius 1 is 1.21 bits per heavy atom. The smallest absolute Gasteiger partial charge is 0.251 e. The first-order valence-corrected chi connectivity index (χ1v) is 11.0. The van der Waals surface area contributed by atoms with Crippen LogP contribution in [0, 0.1) is 6.92 Å². The van der Waals surface area contributed by atoms with E-state index in [1.165, 1.54) is 32.3 Å². The maximum absolute atomic E-state index is 12.5. The average molecular weight is 435 g/mol. The van der Waals surface area contributed by atoms with Gasteiger partial charge in [-0.05, 0) is 43.7 Å². The number of carbonyl (C=O) groups is 1. The minimum atomic E-state index is -3.73. The summed E-state index contributed by atoms with van der Waals surface area (Å²) < 4.78 is 27.9. The van der Waals surface area contributed by atoms with Gasteiger partial charge in [-0.2, -0.15) is 0 Å². The minimum Gasteiger partial charge on any atom is -0.352 e. The van der Waals surface area contributed by atoms with Gasteiger partial charge in [0.25, 0.3) is 5.91 Å². The number of halogens is 1. The molecule has 29 heavy (non-hydrogen) atoms. The zero-order valence-corrected chi connectivity index (χ0v) is 18.1. The number of hydrogen-bond donors (Lipinski definition) is 1. The zero-order chi connectivity index (χ0) is 21.2. The number of hydrogen-bond acceptors (Lipinski definition) is 4. The molecular weight excluding hydrogens is 412 g/mol. The summed E-state index contributed by atoms with van der Waals surface area (Å²) in [6.07, 6.45) is 0.712. The lowest BCUT2D eigenvalue weighted by Gasteiger charge is -2.14. The van der Waals surface area contributed by atoms with Gasteiger partial charge in [0.1, 0.15) is 10.7 Å². The second kappa shape index (κ2) is 8.52. The number of para-hydroxylation sites is 2. The topological polar surface area (TPSA) is 84.3 Å². The molecule has 0 spiro atoms. The Morgan fingerprint density at radius 3 is 2.66 bits per heavy atom. The third kappa shape index (κ3) is 4.44. The van der Waals surface area contributed by atoms with Crippen molar-refractivity contribution in [2.45, 2.75) is 24.8 Å². The van der Waals surface area contributed by atoms with E-state index in [0.717, 1.165) is 21.2 Å². The van der Waals surface area contributed by atoms with E-state index >= 15 is 0 Å². The molecule has 0 aliphatic rings. The molecule has 3 rings (SSSR count). The molecule has 2 aromatic carbocycles. The van der Waals surface area contributed by atoms with Crippen molar-refractivity contribution >= 4 is 38.6 Å². The first-order valence-electron chi connectivity index (χ1n) is 9.14. The number of fused-ring (bicyclic) bond motifs is 1. The van der Waals surface area contributed by atoms with Crippen LogP contribution in [0.2, 0.25) is 5.02 Å². The molecule has 3 aromatic rings. The van der Waals surface area contributed by atoms with Crippen LogP contribution in [0.1, 0.15) is 22.6 Å². The molecule has 0 saturated carbocycles. The summed E-state index contributed by atoms with van der Waals surface area (Å²) in [4.78, 5) is 16.9. The highest BCUT2D eigenvalue weighted by Crippen LogP contribution is 2.24. The molecule has 0 bridgehead atoms. The number of nitrogens with one attached hydrogen (secondary N) is 1. The number of sulfonamides is 1. The Kier molecular flexibility index (Phi) is 6.26. The van der Waals surface area contributed by atoms with Crippen LogP contribution in [0.25, 0.3) is 11.0 Å². The second-order valence-corrected chi connectivity index (χ2v) is 9.37. The Hall–Kier alpha value is -2.42. The lowest BCUT2D eigenvalue weighted by atomic mass is 10.2. The highest BCUT2D eigenvalue weighted by atomic mass is 35.5. The molecule has 0 unspecified atom stereocenters. The number of nitrogens with zero attached hydrogens (tertiary/aromatic N) is 3. The van der Waals surface area contributed by atoms with Gasteiger partial charge < -0.3 is 9.88 Å². The fourth-order valence-corrected chi connectivity index (χ4v) is 4.45. The van der Waals surface area contributed by atoms with Crippen LogP contribution < -0.4 is 5.32 Å². The molecule has 0 atom stereocenters. The van der Waals surface area contributed by atoms with E-state index in [9.17, 15) is 13.2 Å². The molecule has 1 N–H and O–H groups in total. The Bertz CT molecular complexity index is 1160. The summed E-state index contributed by atoms with van der Waals surface area (Å²) in [6.45, 7) is 3.12. The summed E-state index contributed by atoms with van der Waals surface area (Å²) in [5.41, 5.74) is 2.26. The van der Waals surface area contributed by atoms with Crippen LogP contribution in [-0.2, 0) is 16.6 Å². The van der Waals surface area contributed by atoms with E-state index in [1.807, 2.05) is 31.2 Å². The van der Waals surface area contributed by atoms with E-state index in [0.29, 0.717) is 19.5 Å². The molecule has 0 saturated heterocycles. The van der Waals surface area contributed by atoms with Crippen LogP contribution >= 0.6 is 11.6 Å². The summed E-state index contributed by atoms with van der Waals surface area (Å²) in [5, 5.41) is 2.91. The maximum atomic E-state index is 12.5. The third-order valence-electron chi connectivity index (χ3n) is 4.64. The molecule has 0 radical (unpaired) electrons. The summed E-state index contributed by atoms with van der Waals surface area (Å²) in [7, 11) is -0.899. The normalized spacial score (nSPS) is 11.9. The van der Waals surface area contributed by atoms with Crippen LogP contribution in [0.5, 0.6) is 0 Å². The molecule has 0 aliphatic heterocycles. The van der Waals surface area contributed by atoms with Crippen molar-refractivity contribution in [2.24, 2.45) is 0 Å². The van der Waals surface area contributed by atoms with Gasteiger partial charge >= 0.3 is 0 Å². The van der Waals surface area contributed by atoms with Crippen molar-refractivity contribution in [1.29, 1.82) is 0 Å². The third-order valence-corrected chi connectivity index (χ3v) is 6.94. The van der Waals surface area contributed by atoms with Gasteiger partial charge in [-0.3, -0.25) is 4.79 Å². The van der Waals surface area contributed by atoms with Crippen LogP contribution in [0.15, 0.2) is 47.4 Å². The molecule has 154 valence electrons. The quantitative estimate of drug-likeness (QED) is 0.579. The number of aryl methyl sites for hydroxylation is 2. The van der Waals surface area contributed by atoms with E-state index in [1.54, 1.807) is 0 Å². The monoisotopic (exact) mass is 434 g/mol. The highest BCUT2D eigenvalue weighted by Gasteiger charge is 2.22. The predicted octanol–water partition coefficient (Wildman–Crippen LogP) is 3.07. The number of amides is 1. The first-order chi connectivity index (χ1) is 13.7. The molecule has 1 aromatic heterocycles. The van der Waals surface area contributed by atoms with E-state index in [2.05, 4.69) is 14.9 Å². The number of carbonyl (C=O) groups excluding carboxylic acids is 1. The Morgan fingerprint density at radius 2 is 1.93 bits per heavy atom. The van der Waals surface area contributed by atoms with Crippen LogP contribution in [0.3, 0.4) is 0 Å². The summed E-state index contributed by atoms with van der Waals surface area (Å²) in [5.74, 6) is 0.581. The number of benzene rings is 2. The molecule has 9 heteroatoms. The van der Waals surface area contributed by atoms with Gasteiger partial charge in [0.2, 0.25) is 10.0 Å². The van der Waals surface area contributed by atoms with E-state index in [4.69, 9.17) is 11.6 Å². The summed E-state index contributed by atoms with van der Waals surface area (Å²) in [6, 6.07) is 12.2. The number of rotatable bonds is 7. The number of imidazole rings is 1. The van der Waals surface area contributed by atoms with Crippen molar-refractivity contribution in [1.82, 2.24) is 19.2 Å². The van der Waals surface area contributed by atoms with E-state index in [-0.39, 0.29) is 21.4 Å². The first kappa shape index (κ1) is 21.3. The fraction of sp³-hybridized carbons (Fsp3) is 0.300. The number of aromatic nitrogens is 2. The fourth-order valence-electron chi connectivity index (χ4n) is 3.06. The van der Waals surface area contributed by atoms with Gasteiger partial charge in [0, 0.05) is 32.7 Å². The zero-order valence-electron chi connectivity index (χ0n) is 16.5. The van der Waals surface area contributed by atoms with Crippen molar-refractivity contribution in [3.05, 3.63) is 58.9 Å². The lowest BCUT2D eigenvalue weighted by molar-refractivity contribution is 0.0952. The van der Waals surface area contributed by atoms with Gasteiger partial charge in [-0.15, -0.1) is 0 Å². The maximum Gasteiger partial charge on any atom is 0.251 e. The SMILES string of the molecule is Cc1nc2ccccc2n1CCCNC(=O)c1ccc(Cl)c(S(=O)(=O)N(C)C)c1. The Labute approximate surface area is 175 Å². The highest BCUT2D eigenvalue weighted by molar-refractivity contribution is 7.89. The predicted molar refractivity (Wildman–Crippen MR) is 114 cm³/mol. The molecule has 0 fully saturated rings. The van der Waals surface area contributed by atoms with E-state index < -0.39 is 10.0 Å². The van der Waals surface area contributed by atoms with Gasteiger partial charge in [0.05, 0.1) is 16.1 Å². The van der Waals surface area contributed by atoms with Gasteiger partial charge in [-0.25, -0.2) is 17.7 Å².